The Kier molecular flexibility index (Phi) is 2.26. The van der Waals surface area contributed by atoms with E-state index in [0.717, 1.165) is 0 Å². The average molecular weight is 208 g/mol. The van der Waals surface area contributed by atoms with Gasteiger partial charge < -0.3 is 5.11 Å². The standard InChI is InChI=1S/C5H8N2O5S/c1-3(5(9)10)7-2-4(8)6-13(7,11)12/h3H,2H2,1H3,(H,6,8)(H,9,10). The Hall–Kier alpha value is -1.15. The first-order chi connectivity index (χ1) is 5.84. The van der Waals surface area contributed by atoms with E-state index in [1.54, 1.807) is 4.72 Å². The van der Waals surface area contributed by atoms with Gasteiger partial charge in [0, 0.05) is 0 Å². The smallest absolute Gasteiger partial charge is 0.321 e. The second-order valence-corrected chi connectivity index (χ2v) is 4.21. The van der Waals surface area contributed by atoms with Gasteiger partial charge in [-0.05, 0) is 6.92 Å². The SMILES string of the molecule is CC(C(=O)O)N1CC(=O)NS1(=O)=O. The van der Waals surface area contributed by atoms with Gasteiger partial charge in [-0.2, -0.15) is 12.7 Å². The van der Waals surface area contributed by atoms with E-state index in [2.05, 4.69) is 0 Å². The molecule has 0 radical (unpaired) electrons. The predicted octanol–water partition coefficient (Wildman–Crippen LogP) is -1.86. The van der Waals surface area contributed by atoms with Gasteiger partial charge in [-0.3, -0.25) is 9.59 Å². The molecule has 1 amide bonds. The molecule has 2 N–H and O–H groups in total. The van der Waals surface area contributed by atoms with E-state index in [1.165, 1.54) is 6.92 Å². The van der Waals surface area contributed by atoms with E-state index < -0.39 is 34.7 Å². The largest absolute Gasteiger partial charge is 0.480 e. The molecule has 0 aliphatic carbocycles. The van der Waals surface area contributed by atoms with Crippen molar-refractivity contribution < 1.29 is 23.1 Å². The lowest BCUT2D eigenvalue weighted by Crippen LogP contribution is -2.41. The van der Waals surface area contributed by atoms with Crippen molar-refractivity contribution in [1.29, 1.82) is 0 Å². The van der Waals surface area contributed by atoms with Gasteiger partial charge in [-0.15, -0.1) is 0 Å². The lowest BCUT2D eigenvalue weighted by molar-refractivity contribution is -0.140. The van der Waals surface area contributed by atoms with Crippen LogP contribution in [0.1, 0.15) is 6.92 Å². The quantitative estimate of drug-likeness (QED) is 0.553. The number of amides is 1. The summed E-state index contributed by atoms with van der Waals surface area (Å²) in [4.78, 5) is 21.1. The highest BCUT2D eigenvalue weighted by atomic mass is 32.2. The molecule has 7 nitrogen and oxygen atoms in total. The van der Waals surface area contributed by atoms with Crippen LogP contribution in [0.15, 0.2) is 0 Å². The number of carbonyl (C=O) groups excluding carboxylic acids is 1. The van der Waals surface area contributed by atoms with Crippen molar-refractivity contribution in [2.75, 3.05) is 6.54 Å². The third-order valence-corrected chi connectivity index (χ3v) is 3.19. The molecule has 1 saturated heterocycles. The number of carboxylic acid groups (broad SMARTS) is 1. The normalized spacial score (nSPS) is 23.9. The number of hydrogen-bond acceptors (Lipinski definition) is 4. The van der Waals surface area contributed by atoms with Crippen LogP contribution in [0.2, 0.25) is 0 Å². The Labute approximate surface area is 74.5 Å². The van der Waals surface area contributed by atoms with Crippen LogP contribution < -0.4 is 4.72 Å². The van der Waals surface area contributed by atoms with Crippen molar-refractivity contribution in [2.24, 2.45) is 0 Å². The van der Waals surface area contributed by atoms with E-state index in [4.69, 9.17) is 5.11 Å². The van der Waals surface area contributed by atoms with Crippen LogP contribution in [0, 0.1) is 0 Å². The number of carbonyl (C=O) groups is 2. The summed E-state index contributed by atoms with van der Waals surface area (Å²) >= 11 is 0. The zero-order valence-electron chi connectivity index (χ0n) is 6.72. The molecule has 0 aromatic carbocycles. The van der Waals surface area contributed by atoms with Crippen LogP contribution in [0.25, 0.3) is 0 Å². The summed E-state index contributed by atoms with van der Waals surface area (Å²) in [7, 11) is -3.93. The van der Waals surface area contributed by atoms with Crippen LogP contribution in [0.4, 0.5) is 0 Å². The Morgan fingerprint density at radius 2 is 2.23 bits per heavy atom. The highest BCUT2D eigenvalue weighted by molar-refractivity contribution is 7.88. The molecule has 1 unspecified atom stereocenters. The molecule has 0 aromatic rings. The lowest BCUT2D eigenvalue weighted by atomic mass is 10.3. The Morgan fingerprint density at radius 1 is 1.69 bits per heavy atom. The van der Waals surface area contributed by atoms with Gasteiger partial charge >= 0.3 is 16.2 Å². The van der Waals surface area contributed by atoms with Gasteiger partial charge in [0.15, 0.2) is 0 Å². The fraction of sp³-hybridized carbons (Fsp3) is 0.600. The molecule has 0 spiro atoms. The molecular formula is C5H8N2O5S. The summed E-state index contributed by atoms with van der Waals surface area (Å²) in [6, 6.07) is -1.23. The Morgan fingerprint density at radius 3 is 2.54 bits per heavy atom. The van der Waals surface area contributed by atoms with Gasteiger partial charge in [0.25, 0.3) is 0 Å². The molecule has 1 atom stereocenters. The molecule has 1 aliphatic rings. The van der Waals surface area contributed by atoms with Crippen molar-refractivity contribution in [3.8, 4) is 0 Å². The first-order valence-corrected chi connectivity index (χ1v) is 4.84. The summed E-state index contributed by atoms with van der Waals surface area (Å²) in [5.41, 5.74) is 0. The van der Waals surface area contributed by atoms with Crippen LogP contribution >= 0.6 is 0 Å². The highest BCUT2D eigenvalue weighted by Crippen LogP contribution is 2.10. The fourth-order valence-corrected chi connectivity index (χ4v) is 2.19. The molecule has 1 fully saturated rings. The summed E-state index contributed by atoms with van der Waals surface area (Å²) in [5, 5.41) is 8.52. The maximum absolute atomic E-state index is 11.0. The van der Waals surface area contributed by atoms with E-state index in [1.807, 2.05) is 0 Å². The molecule has 1 aliphatic heterocycles. The summed E-state index contributed by atoms with van der Waals surface area (Å²) in [6.45, 7) is 0.760. The molecule has 0 saturated carbocycles. The third-order valence-electron chi connectivity index (χ3n) is 1.64. The van der Waals surface area contributed by atoms with Crippen molar-refractivity contribution in [3.05, 3.63) is 0 Å². The summed E-state index contributed by atoms with van der Waals surface area (Å²) in [6.07, 6.45) is 0. The lowest BCUT2D eigenvalue weighted by Gasteiger charge is -2.15. The van der Waals surface area contributed by atoms with Crippen LogP contribution in [-0.2, 0) is 19.8 Å². The van der Waals surface area contributed by atoms with E-state index in [9.17, 15) is 18.0 Å². The highest BCUT2D eigenvalue weighted by Gasteiger charge is 2.39. The van der Waals surface area contributed by atoms with E-state index in [-0.39, 0.29) is 0 Å². The Balaban J connectivity index is 2.94. The molecule has 0 bridgehead atoms. The molecule has 74 valence electrons. The Bertz CT molecular complexity index is 348. The monoisotopic (exact) mass is 208 g/mol. The van der Waals surface area contributed by atoms with Gasteiger partial charge in [-0.1, -0.05) is 0 Å². The minimum atomic E-state index is -3.93. The molecule has 13 heavy (non-hydrogen) atoms. The molecular weight excluding hydrogens is 200 g/mol. The van der Waals surface area contributed by atoms with Gasteiger partial charge in [0.2, 0.25) is 5.91 Å². The van der Waals surface area contributed by atoms with Crippen molar-refractivity contribution >= 4 is 22.1 Å². The minimum Gasteiger partial charge on any atom is -0.480 e. The van der Waals surface area contributed by atoms with Crippen LogP contribution in [0.3, 0.4) is 0 Å². The number of rotatable bonds is 2. The maximum Gasteiger partial charge on any atom is 0.321 e. The van der Waals surface area contributed by atoms with Crippen molar-refractivity contribution in [1.82, 2.24) is 9.03 Å². The molecule has 8 heteroatoms. The molecule has 1 heterocycles. The van der Waals surface area contributed by atoms with Crippen molar-refractivity contribution in [3.63, 3.8) is 0 Å². The zero-order valence-corrected chi connectivity index (χ0v) is 7.54. The number of nitrogens with zero attached hydrogens (tertiary/aromatic N) is 1. The van der Waals surface area contributed by atoms with Crippen LogP contribution in [0.5, 0.6) is 0 Å². The number of hydrogen-bond donors (Lipinski definition) is 2. The summed E-state index contributed by atoms with van der Waals surface area (Å²) < 4.78 is 24.4. The minimum absolute atomic E-state index is 0.435. The first-order valence-electron chi connectivity index (χ1n) is 3.40. The fourth-order valence-electron chi connectivity index (χ4n) is 0.930. The second-order valence-electron chi connectivity index (χ2n) is 2.59. The second kappa shape index (κ2) is 2.96. The third kappa shape index (κ3) is 1.78. The summed E-state index contributed by atoms with van der Waals surface area (Å²) in [5.74, 6) is -2.01. The zero-order chi connectivity index (χ0) is 10.2. The van der Waals surface area contributed by atoms with Crippen LogP contribution in [-0.4, -0.2) is 42.3 Å². The average Bonchev–Trinajstić information content (AvgIpc) is 2.22. The predicted molar refractivity (Wildman–Crippen MR) is 40.9 cm³/mol. The number of aliphatic carboxylic acids is 1. The first kappa shape index (κ1) is 9.93. The van der Waals surface area contributed by atoms with Gasteiger partial charge in [-0.25, -0.2) is 4.72 Å². The van der Waals surface area contributed by atoms with Gasteiger partial charge in [0.1, 0.15) is 6.04 Å². The maximum atomic E-state index is 11.0. The van der Waals surface area contributed by atoms with E-state index in [0.29, 0.717) is 4.31 Å². The topological polar surface area (TPSA) is 104 Å². The number of nitrogens with one attached hydrogen (secondary N) is 1. The molecule has 1 rings (SSSR count). The molecule has 0 aromatic heterocycles. The van der Waals surface area contributed by atoms with Crippen molar-refractivity contribution in [2.45, 2.75) is 13.0 Å². The van der Waals surface area contributed by atoms with E-state index >= 15 is 0 Å². The number of carboxylic acids is 1. The van der Waals surface area contributed by atoms with Gasteiger partial charge in [0.05, 0.1) is 6.54 Å².